The minimum absolute atomic E-state index is 0.336. The van der Waals surface area contributed by atoms with Crippen molar-refractivity contribution < 1.29 is 61.5 Å². The second kappa shape index (κ2) is 12.5. The molecule has 8 rings (SSSR count). The molecule has 4 aromatic carbocycles. The first-order chi connectivity index (χ1) is 25.3. The van der Waals surface area contributed by atoms with Gasteiger partial charge in [-0.05, 0) is 82.2 Å². The Labute approximate surface area is 307 Å². The first-order valence-electron chi connectivity index (χ1n) is 14.8. The van der Waals surface area contributed by atoms with Crippen LogP contribution in [-0.4, -0.2) is 0 Å². The molecule has 276 valence electrons. The zero-order chi connectivity index (χ0) is 38.8. The van der Waals surface area contributed by atoms with Gasteiger partial charge in [0.05, 0.1) is 11.1 Å². The maximum Gasteiger partial charge on any atom is 0.422 e. The Kier molecular flexibility index (Phi) is 8.44. The fraction of sp³-hybridized carbons (Fsp3) is 0.0556. The number of hydrogen-bond donors (Lipinski definition) is 0. The van der Waals surface area contributed by atoms with Gasteiger partial charge < -0.3 is 0 Å². The molecule has 0 spiro atoms. The van der Waals surface area contributed by atoms with Gasteiger partial charge >= 0.3 is 12.4 Å². The van der Waals surface area contributed by atoms with Crippen LogP contribution in [0.1, 0.15) is 11.1 Å². The molecule has 0 fully saturated rings. The Bertz CT molecular complexity index is 2530. The van der Waals surface area contributed by atoms with Crippen molar-refractivity contribution in [3.05, 3.63) is 118 Å². The summed E-state index contributed by atoms with van der Waals surface area (Å²) in [6, 6.07) is 16.0. The second-order valence-corrected chi connectivity index (χ2v) is 16.0. The van der Waals surface area contributed by atoms with E-state index in [0.29, 0.717) is 19.5 Å². The summed E-state index contributed by atoms with van der Waals surface area (Å²) in [5.41, 5.74) is -7.85. The van der Waals surface area contributed by atoms with Gasteiger partial charge in [0.25, 0.3) is 0 Å². The van der Waals surface area contributed by atoms with Crippen molar-refractivity contribution in [2.75, 3.05) is 0 Å². The van der Waals surface area contributed by atoms with Gasteiger partial charge in [-0.25, -0.2) is 35.1 Å². The molecule has 0 atom stereocenters. The Morgan fingerprint density at radius 2 is 0.630 bits per heavy atom. The van der Waals surface area contributed by atoms with Crippen LogP contribution in [-0.2, 0) is 12.4 Å². The fourth-order valence-electron chi connectivity index (χ4n) is 5.97. The van der Waals surface area contributed by atoms with Crippen LogP contribution < -0.4 is 0 Å². The molecule has 0 nitrogen and oxygen atoms in total. The number of benzene rings is 4. The van der Waals surface area contributed by atoms with Crippen LogP contribution in [0.15, 0.2) is 60.7 Å². The molecule has 0 bridgehead atoms. The molecule has 54 heavy (non-hydrogen) atoms. The van der Waals surface area contributed by atoms with Crippen molar-refractivity contribution >= 4 is 76.3 Å². The molecule has 8 aromatic rings. The second-order valence-electron chi connectivity index (χ2n) is 11.7. The Morgan fingerprint density at radius 3 is 0.944 bits per heavy atom. The highest BCUT2D eigenvalue weighted by atomic mass is 32.1. The Balaban J connectivity index is 1.12. The molecular formula is C36H10F14S4. The summed E-state index contributed by atoms with van der Waals surface area (Å²) in [6.07, 6.45) is -11.3. The lowest BCUT2D eigenvalue weighted by Gasteiger charge is -2.13. The van der Waals surface area contributed by atoms with Crippen LogP contribution in [0.25, 0.3) is 71.3 Å². The van der Waals surface area contributed by atoms with Crippen molar-refractivity contribution in [1.29, 1.82) is 0 Å². The van der Waals surface area contributed by atoms with Crippen molar-refractivity contribution in [2.45, 2.75) is 12.4 Å². The summed E-state index contributed by atoms with van der Waals surface area (Å²) in [4.78, 5) is 1.33. The third-order valence-electron chi connectivity index (χ3n) is 8.39. The SMILES string of the molecule is Fc1c(F)c(C(F)(F)F)c(F)c(F)c1-c1ccc(-c2cc3cc4cc5sc(-c6ccc(-c7c(F)c(F)c(C(F)(F)F)c(F)c7F)s6)cc5cc4cc3s2)s1. The summed E-state index contributed by atoms with van der Waals surface area (Å²) in [5.74, 6) is -18.9. The van der Waals surface area contributed by atoms with E-state index in [1.807, 2.05) is 24.3 Å². The molecule has 4 aromatic heterocycles. The number of rotatable bonds is 4. The summed E-state index contributed by atoms with van der Waals surface area (Å²) in [7, 11) is 0. The molecule has 0 aliphatic carbocycles. The van der Waals surface area contributed by atoms with Crippen LogP contribution in [0.5, 0.6) is 0 Å². The van der Waals surface area contributed by atoms with Crippen molar-refractivity contribution in [1.82, 2.24) is 0 Å². The van der Waals surface area contributed by atoms with Crippen LogP contribution >= 0.6 is 45.3 Å². The Hall–Kier alpha value is -4.52. The van der Waals surface area contributed by atoms with Gasteiger partial charge in [0.15, 0.2) is 46.5 Å². The standard InChI is InChI=1S/C36H10F14S4/c37-27-23(28(38)32(42)25(31(27)41)35(45,46)47)17-3-1-15(51-17)21-9-13-5-11-8-20-14(6-12(11)7-19(13)53-21)10-22(54-20)16-2-4-18(52-16)24-29(39)33(43)26(36(48,49)50)34(44)30(24)40/h1-10H. The molecule has 0 radical (unpaired) electrons. The highest BCUT2D eigenvalue weighted by Gasteiger charge is 2.44. The number of alkyl halides is 6. The number of halogens is 14. The topological polar surface area (TPSA) is 0 Å². The van der Waals surface area contributed by atoms with E-state index in [9.17, 15) is 61.5 Å². The molecular weight excluding hydrogens is 827 g/mol. The average Bonchev–Trinajstić information content (AvgIpc) is 3.90. The van der Waals surface area contributed by atoms with E-state index in [0.717, 1.165) is 65.8 Å². The minimum atomic E-state index is -5.67. The van der Waals surface area contributed by atoms with Crippen LogP contribution in [0.3, 0.4) is 0 Å². The van der Waals surface area contributed by atoms with Crippen molar-refractivity contribution in [3.63, 3.8) is 0 Å². The molecule has 4 heterocycles. The first kappa shape index (κ1) is 36.5. The summed E-state index contributed by atoms with van der Waals surface area (Å²) >= 11 is 3.96. The predicted molar refractivity (Wildman–Crippen MR) is 182 cm³/mol. The lowest BCUT2D eigenvalue weighted by molar-refractivity contribution is -0.144. The summed E-state index contributed by atoms with van der Waals surface area (Å²) < 4.78 is 196. The number of hydrogen-bond acceptors (Lipinski definition) is 4. The van der Waals surface area contributed by atoms with Crippen LogP contribution in [0.2, 0.25) is 0 Å². The third-order valence-corrected chi connectivity index (χ3v) is 13.2. The van der Waals surface area contributed by atoms with Gasteiger partial charge in [0, 0.05) is 38.7 Å². The van der Waals surface area contributed by atoms with E-state index in [1.54, 1.807) is 12.1 Å². The van der Waals surface area contributed by atoms with Gasteiger partial charge in [-0.2, -0.15) is 26.3 Å². The lowest BCUT2D eigenvalue weighted by atomic mass is 10.1. The van der Waals surface area contributed by atoms with E-state index < -0.39 is 81.1 Å². The quantitative estimate of drug-likeness (QED) is 0.122. The van der Waals surface area contributed by atoms with Gasteiger partial charge in [-0.1, -0.05) is 0 Å². The van der Waals surface area contributed by atoms with Gasteiger partial charge in [-0.3, -0.25) is 0 Å². The molecule has 0 aliphatic heterocycles. The third kappa shape index (κ3) is 5.76. The maximum atomic E-state index is 14.7. The van der Waals surface area contributed by atoms with E-state index in [1.165, 1.54) is 34.8 Å². The van der Waals surface area contributed by atoms with Gasteiger partial charge in [0.2, 0.25) is 0 Å². The van der Waals surface area contributed by atoms with Crippen LogP contribution in [0, 0.1) is 46.5 Å². The molecule has 0 saturated carbocycles. The minimum Gasteiger partial charge on any atom is -0.203 e. The predicted octanol–water partition coefficient (Wildman–Crippen LogP) is 15.2. The van der Waals surface area contributed by atoms with E-state index in [-0.39, 0.29) is 9.75 Å². The van der Waals surface area contributed by atoms with E-state index in [2.05, 4.69) is 0 Å². The number of thiophene rings is 4. The molecule has 0 unspecified atom stereocenters. The highest BCUT2D eigenvalue weighted by molar-refractivity contribution is 7.27. The highest BCUT2D eigenvalue weighted by Crippen LogP contribution is 2.47. The molecule has 0 aliphatic rings. The van der Waals surface area contributed by atoms with Crippen molar-refractivity contribution in [2.24, 2.45) is 0 Å². The summed E-state index contributed by atoms with van der Waals surface area (Å²) in [6.45, 7) is 0. The largest absolute Gasteiger partial charge is 0.422 e. The van der Waals surface area contributed by atoms with Crippen molar-refractivity contribution in [3.8, 4) is 40.4 Å². The summed E-state index contributed by atoms with van der Waals surface area (Å²) in [5, 5.41) is 3.01. The normalized spacial score (nSPS) is 12.6. The average molecular weight is 837 g/mol. The maximum absolute atomic E-state index is 14.7. The molecule has 0 saturated heterocycles. The van der Waals surface area contributed by atoms with Gasteiger partial charge in [-0.15, -0.1) is 45.3 Å². The smallest absolute Gasteiger partial charge is 0.203 e. The molecule has 18 heteroatoms. The molecule has 0 amide bonds. The fourth-order valence-corrected chi connectivity index (χ4v) is 10.4. The lowest BCUT2D eigenvalue weighted by Crippen LogP contribution is -2.15. The van der Waals surface area contributed by atoms with E-state index in [4.69, 9.17) is 0 Å². The van der Waals surface area contributed by atoms with Crippen LogP contribution in [0.4, 0.5) is 61.5 Å². The number of fused-ring (bicyclic) bond motifs is 3. The first-order valence-corrected chi connectivity index (χ1v) is 18.1. The van der Waals surface area contributed by atoms with Gasteiger partial charge in [0.1, 0.15) is 11.1 Å². The Morgan fingerprint density at radius 1 is 0.315 bits per heavy atom. The van der Waals surface area contributed by atoms with E-state index >= 15 is 0 Å². The zero-order valence-electron chi connectivity index (χ0n) is 25.7. The monoisotopic (exact) mass is 836 g/mol. The molecule has 0 N–H and O–H groups in total. The zero-order valence-corrected chi connectivity index (χ0v) is 29.0.